The number of carbonyl (C=O) groups is 1. The minimum absolute atomic E-state index is 0.0382. The van der Waals surface area contributed by atoms with Crippen LogP contribution in [0.25, 0.3) is 0 Å². The van der Waals surface area contributed by atoms with Gasteiger partial charge in [-0.15, -0.1) is 0 Å². The lowest BCUT2D eigenvalue weighted by molar-refractivity contribution is -0.138. The SMILES string of the molecule is [CH2]OC(=O)Cc1ncco1. The second kappa shape index (κ2) is 3.00. The van der Waals surface area contributed by atoms with Crippen molar-refractivity contribution in [2.45, 2.75) is 6.42 Å². The van der Waals surface area contributed by atoms with E-state index in [9.17, 15) is 4.79 Å². The van der Waals surface area contributed by atoms with Gasteiger partial charge in [-0.2, -0.15) is 0 Å². The van der Waals surface area contributed by atoms with Crippen LogP contribution in [0, 0.1) is 7.11 Å². The Balaban J connectivity index is 2.48. The van der Waals surface area contributed by atoms with E-state index in [1.165, 1.54) is 12.5 Å². The van der Waals surface area contributed by atoms with Crippen molar-refractivity contribution in [2.75, 3.05) is 0 Å². The highest BCUT2D eigenvalue weighted by Crippen LogP contribution is 1.96. The highest BCUT2D eigenvalue weighted by molar-refractivity contribution is 5.71. The van der Waals surface area contributed by atoms with E-state index < -0.39 is 5.97 Å². The van der Waals surface area contributed by atoms with Gasteiger partial charge in [-0.1, -0.05) is 0 Å². The van der Waals surface area contributed by atoms with Gasteiger partial charge in [-0.3, -0.25) is 4.79 Å². The van der Waals surface area contributed by atoms with Crippen LogP contribution in [0.15, 0.2) is 16.9 Å². The lowest BCUT2D eigenvalue weighted by Gasteiger charge is -1.91. The zero-order chi connectivity index (χ0) is 7.40. The summed E-state index contributed by atoms with van der Waals surface area (Å²) in [6.45, 7) is 0. The molecule has 0 amide bonds. The Morgan fingerprint density at radius 2 is 2.70 bits per heavy atom. The van der Waals surface area contributed by atoms with Crippen LogP contribution in [-0.2, 0) is 16.0 Å². The molecular formula is C6H6NO3. The van der Waals surface area contributed by atoms with Gasteiger partial charge in [-0.25, -0.2) is 4.98 Å². The lowest BCUT2D eigenvalue weighted by atomic mass is 10.4. The molecule has 0 bridgehead atoms. The first-order chi connectivity index (χ1) is 4.83. The molecule has 0 aromatic carbocycles. The number of ether oxygens (including phenoxy) is 1. The molecule has 0 saturated carbocycles. The van der Waals surface area contributed by atoms with E-state index in [2.05, 4.69) is 16.8 Å². The summed E-state index contributed by atoms with van der Waals surface area (Å²) < 4.78 is 8.90. The fourth-order valence-electron chi connectivity index (χ4n) is 0.515. The van der Waals surface area contributed by atoms with Crippen LogP contribution in [-0.4, -0.2) is 11.0 Å². The van der Waals surface area contributed by atoms with Gasteiger partial charge < -0.3 is 9.15 Å². The van der Waals surface area contributed by atoms with E-state index in [1.807, 2.05) is 0 Å². The third kappa shape index (κ3) is 1.58. The molecule has 0 fully saturated rings. The van der Waals surface area contributed by atoms with E-state index in [1.54, 1.807) is 0 Å². The molecule has 0 aliphatic heterocycles. The average molecular weight is 140 g/mol. The number of hydrogen-bond donors (Lipinski definition) is 0. The normalized spacial score (nSPS) is 9.30. The van der Waals surface area contributed by atoms with Crippen molar-refractivity contribution in [3.63, 3.8) is 0 Å². The smallest absolute Gasteiger partial charge is 0.315 e. The molecule has 10 heavy (non-hydrogen) atoms. The summed E-state index contributed by atoms with van der Waals surface area (Å²) in [6, 6.07) is 0. The molecular weight excluding hydrogens is 134 g/mol. The van der Waals surface area contributed by atoms with E-state index >= 15 is 0 Å². The first-order valence-corrected chi connectivity index (χ1v) is 2.66. The molecule has 1 radical (unpaired) electrons. The minimum Gasteiger partial charge on any atom is -0.462 e. The van der Waals surface area contributed by atoms with E-state index in [4.69, 9.17) is 4.42 Å². The highest BCUT2D eigenvalue weighted by atomic mass is 16.5. The number of esters is 1. The predicted octanol–water partition coefficient (Wildman–Crippen LogP) is 0.552. The molecule has 1 aromatic rings. The Hall–Kier alpha value is -1.32. The number of hydrogen-bond acceptors (Lipinski definition) is 4. The van der Waals surface area contributed by atoms with Crippen LogP contribution in [0.4, 0.5) is 0 Å². The molecule has 1 heterocycles. The van der Waals surface area contributed by atoms with Crippen molar-refractivity contribution in [1.82, 2.24) is 4.98 Å². The Morgan fingerprint density at radius 3 is 3.20 bits per heavy atom. The largest absolute Gasteiger partial charge is 0.462 e. The van der Waals surface area contributed by atoms with Crippen molar-refractivity contribution in [3.8, 4) is 0 Å². The van der Waals surface area contributed by atoms with Gasteiger partial charge in [0.2, 0.25) is 5.89 Å². The van der Waals surface area contributed by atoms with E-state index in [0.717, 1.165) is 0 Å². The zero-order valence-corrected chi connectivity index (χ0v) is 5.24. The first kappa shape index (κ1) is 6.80. The third-order valence-electron chi connectivity index (χ3n) is 0.940. The second-order valence-corrected chi connectivity index (χ2v) is 1.62. The van der Waals surface area contributed by atoms with Crippen molar-refractivity contribution in [3.05, 3.63) is 25.5 Å². The molecule has 53 valence electrons. The van der Waals surface area contributed by atoms with Gasteiger partial charge in [0.25, 0.3) is 0 Å². The summed E-state index contributed by atoms with van der Waals surface area (Å²) in [5.41, 5.74) is 0. The van der Waals surface area contributed by atoms with Crippen LogP contribution in [0.2, 0.25) is 0 Å². The summed E-state index contributed by atoms with van der Waals surface area (Å²) in [7, 11) is 2.95. The van der Waals surface area contributed by atoms with Crippen LogP contribution < -0.4 is 0 Å². The number of carbonyl (C=O) groups excluding carboxylic acids is 1. The Labute approximate surface area is 57.8 Å². The molecule has 0 atom stereocenters. The number of nitrogens with zero attached hydrogens (tertiary/aromatic N) is 1. The molecule has 0 N–H and O–H groups in total. The van der Waals surface area contributed by atoms with Crippen LogP contribution >= 0.6 is 0 Å². The van der Waals surface area contributed by atoms with Crippen LogP contribution in [0.1, 0.15) is 5.89 Å². The van der Waals surface area contributed by atoms with Gasteiger partial charge in [0.15, 0.2) is 0 Å². The van der Waals surface area contributed by atoms with Crippen LogP contribution in [0.5, 0.6) is 0 Å². The lowest BCUT2D eigenvalue weighted by Crippen LogP contribution is -2.02. The summed E-state index contributed by atoms with van der Waals surface area (Å²) in [4.78, 5) is 14.2. The standard InChI is InChI=1S/C6H6NO3/c1-9-6(8)4-5-7-2-3-10-5/h2-3H,1,4H2. The summed E-state index contributed by atoms with van der Waals surface area (Å²) in [5, 5.41) is 0. The van der Waals surface area contributed by atoms with Gasteiger partial charge in [0.1, 0.15) is 19.8 Å². The average Bonchev–Trinajstić information content (AvgIpc) is 2.40. The summed E-state index contributed by atoms with van der Waals surface area (Å²) >= 11 is 0. The van der Waals surface area contributed by atoms with Crippen LogP contribution in [0.3, 0.4) is 0 Å². The monoisotopic (exact) mass is 140 g/mol. The van der Waals surface area contributed by atoms with Crippen molar-refractivity contribution in [1.29, 1.82) is 0 Å². The van der Waals surface area contributed by atoms with Crippen molar-refractivity contribution in [2.24, 2.45) is 0 Å². The number of rotatable bonds is 2. The summed E-state index contributed by atoms with van der Waals surface area (Å²) in [6.07, 6.45) is 2.90. The Bertz CT molecular complexity index is 205. The second-order valence-electron chi connectivity index (χ2n) is 1.62. The quantitative estimate of drug-likeness (QED) is 0.563. The van der Waals surface area contributed by atoms with E-state index in [0.29, 0.717) is 5.89 Å². The van der Waals surface area contributed by atoms with Gasteiger partial charge in [-0.05, 0) is 0 Å². The topological polar surface area (TPSA) is 52.3 Å². The zero-order valence-electron chi connectivity index (χ0n) is 5.24. The third-order valence-corrected chi connectivity index (χ3v) is 0.940. The summed E-state index contributed by atoms with van der Waals surface area (Å²) in [5.74, 6) is -0.115. The maximum Gasteiger partial charge on any atom is 0.315 e. The van der Waals surface area contributed by atoms with Crippen molar-refractivity contribution >= 4 is 5.97 Å². The predicted molar refractivity (Wildman–Crippen MR) is 31.7 cm³/mol. The molecule has 0 saturated heterocycles. The fraction of sp³-hybridized carbons (Fsp3) is 0.167. The number of aromatic nitrogens is 1. The maximum atomic E-state index is 10.5. The Kier molecular flexibility index (Phi) is 2.04. The number of oxazole rings is 1. The fourth-order valence-corrected chi connectivity index (χ4v) is 0.515. The van der Waals surface area contributed by atoms with Gasteiger partial charge >= 0.3 is 5.97 Å². The first-order valence-electron chi connectivity index (χ1n) is 2.66. The molecule has 0 aliphatic carbocycles. The molecule has 0 unspecified atom stereocenters. The van der Waals surface area contributed by atoms with Gasteiger partial charge in [0.05, 0.1) is 6.20 Å². The van der Waals surface area contributed by atoms with Crippen molar-refractivity contribution < 1.29 is 13.9 Å². The molecule has 0 spiro atoms. The Morgan fingerprint density at radius 1 is 1.90 bits per heavy atom. The molecule has 4 heteroatoms. The maximum absolute atomic E-state index is 10.5. The van der Waals surface area contributed by atoms with Gasteiger partial charge in [0, 0.05) is 0 Å². The molecule has 4 nitrogen and oxygen atoms in total. The molecule has 1 rings (SSSR count). The molecule has 1 aromatic heterocycles. The highest BCUT2D eigenvalue weighted by Gasteiger charge is 2.04. The molecule has 0 aliphatic rings. The van der Waals surface area contributed by atoms with E-state index in [-0.39, 0.29) is 6.42 Å². The minimum atomic E-state index is -0.456.